The SMILES string of the molecule is CN(CCc1ccccc1Br)C(=O)Cl. The average Bonchev–Trinajstić information content (AvgIpc) is 2.16. The maximum Gasteiger partial charge on any atom is 0.316 e. The van der Waals surface area contributed by atoms with E-state index < -0.39 is 5.37 Å². The molecule has 0 bridgehead atoms. The highest BCUT2D eigenvalue weighted by Gasteiger charge is 2.05. The summed E-state index contributed by atoms with van der Waals surface area (Å²) >= 11 is 8.76. The smallest absolute Gasteiger partial charge is 0.316 e. The Morgan fingerprint density at radius 1 is 1.50 bits per heavy atom. The summed E-state index contributed by atoms with van der Waals surface area (Å²) in [6.07, 6.45) is 0.802. The van der Waals surface area contributed by atoms with Gasteiger partial charge in [-0.3, -0.25) is 4.79 Å². The van der Waals surface area contributed by atoms with E-state index in [1.807, 2.05) is 24.3 Å². The van der Waals surface area contributed by atoms with Crippen molar-refractivity contribution < 1.29 is 4.79 Å². The Kier molecular flexibility index (Phi) is 4.42. The summed E-state index contributed by atoms with van der Waals surface area (Å²) in [5.74, 6) is 0. The molecule has 0 N–H and O–H groups in total. The molecule has 0 aliphatic rings. The zero-order valence-corrected chi connectivity index (χ0v) is 10.2. The van der Waals surface area contributed by atoms with Gasteiger partial charge in [0.15, 0.2) is 0 Å². The van der Waals surface area contributed by atoms with Gasteiger partial charge in [0.2, 0.25) is 0 Å². The first-order valence-corrected chi connectivity index (χ1v) is 5.42. The van der Waals surface area contributed by atoms with Crippen molar-refractivity contribution in [3.05, 3.63) is 34.3 Å². The molecule has 1 aromatic rings. The standard InChI is InChI=1S/C10H11BrClNO/c1-13(10(12)14)7-6-8-4-2-3-5-9(8)11/h2-5H,6-7H2,1H3. The number of benzene rings is 1. The van der Waals surface area contributed by atoms with Crippen LogP contribution in [0.15, 0.2) is 28.7 Å². The van der Waals surface area contributed by atoms with Crippen LogP contribution in [-0.2, 0) is 6.42 Å². The fourth-order valence-electron chi connectivity index (χ4n) is 1.08. The second kappa shape index (κ2) is 5.37. The van der Waals surface area contributed by atoms with E-state index >= 15 is 0 Å². The highest BCUT2D eigenvalue weighted by molar-refractivity contribution is 9.10. The van der Waals surface area contributed by atoms with E-state index in [0.717, 1.165) is 10.9 Å². The number of carbonyl (C=O) groups is 1. The number of rotatable bonds is 3. The van der Waals surface area contributed by atoms with Crippen LogP contribution in [0.3, 0.4) is 0 Å². The number of nitrogens with zero attached hydrogens (tertiary/aromatic N) is 1. The van der Waals surface area contributed by atoms with Crippen LogP contribution < -0.4 is 0 Å². The van der Waals surface area contributed by atoms with E-state index in [9.17, 15) is 4.79 Å². The third kappa shape index (κ3) is 3.31. The van der Waals surface area contributed by atoms with Crippen molar-refractivity contribution in [3.8, 4) is 0 Å². The topological polar surface area (TPSA) is 20.3 Å². The second-order valence-corrected chi connectivity index (χ2v) is 4.19. The Bertz CT molecular complexity index is 330. The highest BCUT2D eigenvalue weighted by atomic mass is 79.9. The minimum Gasteiger partial charge on any atom is -0.332 e. The van der Waals surface area contributed by atoms with Crippen molar-refractivity contribution in [2.45, 2.75) is 6.42 Å². The molecule has 0 heterocycles. The summed E-state index contributed by atoms with van der Waals surface area (Å²) in [6, 6.07) is 7.95. The normalized spacial score (nSPS) is 9.93. The fourth-order valence-corrected chi connectivity index (χ4v) is 1.64. The molecule has 0 saturated carbocycles. The van der Waals surface area contributed by atoms with Gasteiger partial charge in [-0.05, 0) is 29.7 Å². The van der Waals surface area contributed by atoms with Gasteiger partial charge < -0.3 is 4.90 Å². The summed E-state index contributed by atoms with van der Waals surface area (Å²) < 4.78 is 1.07. The van der Waals surface area contributed by atoms with E-state index in [2.05, 4.69) is 15.9 Å². The number of amides is 1. The maximum atomic E-state index is 10.7. The average molecular weight is 277 g/mol. The second-order valence-electron chi connectivity index (χ2n) is 3.02. The minimum atomic E-state index is -0.419. The molecule has 0 aromatic heterocycles. The number of hydrogen-bond acceptors (Lipinski definition) is 1. The van der Waals surface area contributed by atoms with Crippen molar-refractivity contribution in [2.75, 3.05) is 13.6 Å². The lowest BCUT2D eigenvalue weighted by Gasteiger charge is -2.13. The third-order valence-electron chi connectivity index (χ3n) is 1.97. The molecule has 76 valence electrons. The van der Waals surface area contributed by atoms with Crippen LogP contribution in [0.5, 0.6) is 0 Å². The van der Waals surface area contributed by atoms with Gasteiger partial charge in [0.25, 0.3) is 0 Å². The lowest BCUT2D eigenvalue weighted by Crippen LogP contribution is -2.23. The van der Waals surface area contributed by atoms with E-state index in [1.165, 1.54) is 10.5 Å². The summed E-state index contributed by atoms with van der Waals surface area (Å²) in [6.45, 7) is 0.630. The quantitative estimate of drug-likeness (QED) is 0.613. The van der Waals surface area contributed by atoms with Crippen LogP contribution in [0.2, 0.25) is 0 Å². The summed E-state index contributed by atoms with van der Waals surface area (Å²) in [7, 11) is 1.69. The van der Waals surface area contributed by atoms with Gasteiger partial charge in [-0.2, -0.15) is 0 Å². The number of likely N-dealkylation sites (N-methyl/N-ethyl adjacent to an activating group) is 1. The van der Waals surface area contributed by atoms with Gasteiger partial charge in [-0.1, -0.05) is 34.1 Å². The molecule has 4 heteroatoms. The van der Waals surface area contributed by atoms with Crippen LogP contribution in [-0.4, -0.2) is 23.9 Å². The van der Waals surface area contributed by atoms with Crippen molar-refractivity contribution in [3.63, 3.8) is 0 Å². The molecule has 1 rings (SSSR count). The van der Waals surface area contributed by atoms with Gasteiger partial charge in [0.1, 0.15) is 0 Å². The van der Waals surface area contributed by atoms with E-state index in [0.29, 0.717) is 6.54 Å². The Labute approximate surface area is 97.0 Å². The summed E-state index contributed by atoms with van der Waals surface area (Å²) in [5.41, 5.74) is 1.18. The Morgan fingerprint density at radius 2 is 2.14 bits per heavy atom. The first-order valence-electron chi connectivity index (χ1n) is 4.25. The summed E-state index contributed by atoms with van der Waals surface area (Å²) in [4.78, 5) is 12.2. The summed E-state index contributed by atoms with van der Waals surface area (Å²) in [5, 5.41) is -0.419. The molecule has 0 fully saturated rings. The van der Waals surface area contributed by atoms with Gasteiger partial charge in [-0.25, -0.2) is 0 Å². The van der Waals surface area contributed by atoms with Crippen molar-refractivity contribution in [1.29, 1.82) is 0 Å². The van der Waals surface area contributed by atoms with E-state index in [-0.39, 0.29) is 0 Å². The van der Waals surface area contributed by atoms with E-state index in [4.69, 9.17) is 11.6 Å². The zero-order valence-electron chi connectivity index (χ0n) is 7.84. The molecule has 0 saturated heterocycles. The molecular formula is C10H11BrClNO. The molecule has 14 heavy (non-hydrogen) atoms. The van der Waals surface area contributed by atoms with Crippen molar-refractivity contribution >= 4 is 32.9 Å². The molecule has 0 spiro atoms. The van der Waals surface area contributed by atoms with Crippen LogP contribution in [0, 0.1) is 0 Å². The van der Waals surface area contributed by atoms with Crippen LogP contribution in [0.1, 0.15) is 5.56 Å². The highest BCUT2D eigenvalue weighted by Crippen LogP contribution is 2.16. The number of hydrogen-bond donors (Lipinski definition) is 0. The molecular weight excluding hydrogens is 265 g/mol. The van der Waals surface area contributed by atoms with Crippen LogP contribution in [0.25, 0.3) is 0 Å². The Morgan fingerprint density at radius 3 is 2.71 bits per heavy atom. The van der Waals surface area contributed by atoms with Crippen molar-refractivity contribution in [1.82, 2.24) is 4.90 Å². The van der Waals surface area contributed by atoms with E-state index in [1.54, 1.807) is 7.05 Å². The monoisotopic (exact) mass is 275 g/mol. The molecule has 1 aromatic carbocycles. The molecule has 2 nitrogen and oxygen atoms in total. The zero-order chi connectivity index (χ0) is 10.6. The third-order valence-corrected chi connectivity index (χ3v) is 3.04. The largest absolute Gasteiger partial charge is 0.332 e. The Hall–Kier alpha value is -0.540. The Balaban J connectivity index is 2.54. The van der Waals surface area contributed by atoms with Gasteiger partial charge in [0.05, 0.1) is 0 Å². The molecule has 0 radical (unpaired) electrons. The molecule has 0 unspecified atom stereocenters. The maximum absolute atomic E-state index is 10.7. The lowest BCUT2D eigenvalue weighted by atomic mass is 10.1. The number of carbonyl (C=O) groups excluding carboxylic acids is 1. The van der Waals surface area contributed by atoms with Crippen molar-refractivity contribution in [2.24, 2.45) is 0 Å². The first kappa shape index (κ1) is 11.5. The molecule has 0 aliphatic heterocycles. The van der Waals surface area contributed by atoms with Crippen LogP contribution >= 0.6 is 27.5 Å². The predicted molar refractivity (Wildman–Crippen MR) is 61.7 cm³/mol. The molecule has 0 atom stereocenters. The fraction of sp³-hybridized carbons (Fsp3) is 0.300. The predicted octanol–water partition coefficient (Wildman–Crippen LogP) is 3.28. The lowest BCUT2D eigenvalue weighted by molar-refractivity contribution is 0.232. The molecule has 0 aliphatic carbocycles. The van der Waals surface area contributed by atoms with Gasteiger partial charge >= 0.3 is 5.37 Å². The minimum absolute atomic E-state index is 0.419. The first-order chi connectivity index (χ1) is 6.61. The van der Waals surface area contributed by atoms with Gasteiger partial charge in [-0.15, -0.1) is 0 Å². The van der Waals surface area contributed by atoms with Gasteiger partial charge in [0, 0.05) is 18.1 Å². The molecule has 1 amide bonds. The number of halogens is 2. The van der Waals surface area contributed by atoms with Crippen LogP contribution in [0.4, 0.5) is 4.79 Å².